The molecule has 0 radical (unpaired) electrons. The van der Waals surface area contributed by atoms with Gasteiger partial charge in [-0.2, -0.15) is 5.10 Å². The van der Waals surface area contributed by atoms with Crippen LogP contribution in [0, 0.1) is 12.8 Å². The summed E-state index contributed by atoms with van der Waals surface area (Å²) in [7, 11) is 0. The number of ether oxygens (including phenoxy) is 2. The number of anilines is 1. The van der Waals surface area contributed by atoms with Crippen LogP contribution in [0.3, 0.4) is 0 Å². The van der Waals surface area contributed by atoms with Gasteiger partial charge in [-0.25, -0.2) is 0 Å². The van der Waals surface area contributed by atoms with Gasteiger partial charge in [-0.1, -0.05) is 6.07 Å². The van der Waals surface area contributed by atoms with E-state index in [2.05, 4.69) is 31.5 Å². The standard InChI is InChI=1S/C20H27N5O2/c1-16-4-5-19(24-23-16)22-11-18-9-20(27-13-18)14-25(7-8-26-15-20)12-17-3-2-6-21-10-17/h2-6,10,18H,7-9,11-15H2,1H3,(H,22,24)/t18-,20-/m0/s1. The maximum Gasteiger partial charge on any atom is 0.148 e. The van der Waals surface area contributed by atoms with Crippen LogP contribution in [0.1, 0.15) is 17.7 Å². The smallest absolute Gasteiger partial charge is 0.148 e. The largest absolute Gasteiger partial charge is 0.377 e. The molecule has 0 aromatic carbocycles. The minimum Gasteiger partial charge on any atom is -0.377 e. The zero-order valence-corrected chi connectivity index (χ0v) is 15.8. The highest BCUT2D eigenvalue weighted by Gasteiger charge is 2.43. The van der Waals surface area contributed by atoms with Gasteiger partial charge < -0.3 is 14.8 Å². The summed E-state index contributed by atoms with van der Waals surface area (Å²) in [5, 5.41) is 11.7. The molecule has 2 fully saturated rings. The van der Waals surface area contributed by atoms with E-state index in [4.69, 9.17) is 9.47 Å². The Morgan fingerprint density at radius 3 is 3.07 bits per heavy atom. The number of aryl methyl sites for hydroxylation is 1. The first kappa shape index (κ1) is 18.3. The van der Waals surface area contributed by atoms with Gasteiger partial charge in [-0.05, 0) is 37.1 Å². The van der Waals surface area contributed by atoms with Crippen molar-refractivity contribution < 1.29 is 9.47 Å². The number of nitrogens with one attached hydrogen (secondary N) is 1. The van der Waals surface area contributed by atoms with E-state index in [1.54, 1.807) is 0 Å². The Balaban J connectivity index is 1.34. The molecule has 2 saturated heterocycles. The molecule has 4 heterocycles. The highest BCUT2D eigenvalue weighted by atomic mass is 16.5. The quantitative estimate of drug-likeness (QED) is 0.863. The third-order valence-corrected chi connectivity index (χ3v) is 5.21. The van der Waals surface area contributed by atoms with Crippen molar-refractivity contribution in [1.29, 1.82) is 0 Å². The number of pyridine rings is 1. The van der Waals surface area contributed by atoms with Crippen molar-refractivity contribution in [2.75, 3.05) is 44.8 Å². The van der Waals surface area contributed by atoms with Gasteiger partial charge in [-0.15, -0.1) is 5.10 Å². The first-order valence-corrected chi connectivity index (χ1v) is 9.58. The summed E-state index contributed by atoms with van der Waals surface area (Å²) in [6.45, 7) is 7.62. The predicted molar refractivity (Wildman–Crippen MR) is 102 cm³/mol. The van der Waals surface area contributed by atoms with Crippen LogP contribution in [0.2, 0.25) is 0 Å². The topological polar surface area (TPSA) is 72.4 Å². The summed E-state index contributed by atoms with van der Waals surface area (Å²) in [5.41, 5.74) is 1.93. The lowest BCUT2D eigenvalue weighted by atomic mass is 9.94. The van der Waals surface area contributed by atoms with Crippen LogP contribution < -0.4 is 5.32 Å². The molecule has 0 aliphatic carbocycles. The molecule has 2 aromatic heterocycles. The highest BCUT2D eigenvalue weighted by molar-refractivity contribution is 5.32. The summed E-state index contributed by atoms with van der Waals surface area (Å²) < 4.78 is 12.2. The first-order valence-electron chi connectivity index (χ1n) is 9.58. The molecular weight excluding hydrogens is 342 g/mol. The molecule has 2 aliphatic heterocycles. The van der Waals surface area contributed by atoms with E-state index in [1.807, 2.05) is 37.5 Å². The molecule has 0 bridgehead atoms. The highest BCUT2D eigenvalue weighted by Crippen LogP contribution is 2.33. The molecule has 2 aromatic rings. The van der Waals surface area contributed by atoms with E-state index in [0.717, 1.165) is 57.3 Å². The molecule has 0 saturated carbocycles. The van der Waals surface area contributed by atoms with E-state index < -0.39 is 0 Å². The Bertz CT molecular complexity index is 727. The zero-order chi connectivity index (χ0) is 18.5. The van der Waals surface area contributed by atoms with E-state index >= 15 is 0 Å². The SMILES string of the molecule is Cc1ccc(NC[C@H]2CO[C@@]3(COCCN(Cc4cccnc4)C3)C2)nn1. The second-order valence-electron chi connectivity index (χ2n) is 7.63. The van der Waals surface area contributed by atoms with Crippen molar-refractivity contribution >= 4 is 5.82 Å². The molecule has 0 unspecified atom stereocenters. The average Bonchev–Trinajstić information content (AvgIpc) is 2.97. The number of hydrogen-bond acceptors (Lipinski definition) is 7. The first-order chi connectivity index (χ1) is 13.2. The molecule has 7 heteroatoms. The lowest BCUT2D eigenvalue weighted by Crippen LogP contribution is -2.43. The normalized spacial score (nSPS) is 26.2. The Kier molecular flexibility index (Phi) is 5.61. The Hall–Kier alpha value is -2.09. The van der Waals surface area contributed by atoms with Crippen molar-refractivity contribution in [3.8, 4) is 0 Å². The van der Waals surface area contributed by atoms with Gasteiger partial charge in [0.15, 0.2) is 0 Å². The van der Waals surface area contributed by atoms with E-state index in [0.29, 0.717) is 12.5 Å². The van der Waals surface area contributed by atoms with Crippen LogP contribution in [-0.2, 0) is 16.0 Å². The number of aromatic nitrogens is 3. The molecule has 144 valence electrons. The molecule has 1 N–H and O–H groups in total. The summed E-state index contributed by atoms with van der Waals surface area (Å²) >= 11 is 0. The van der Waals surface area contributed by atoms with E-state index in [-0.39, 0.29) is 5.60 Å². The summed E-state index contributed by atoms with van der Waals surface area (Å²) in [6.07, 6.45) is 4.73. The van der Waals surface area contributed by atoms with Crippen LogP contribution in [0.4, 0.5) is 5.82 Å². The van der Waals surface area contributed by atoms with Crippen LogP contribution in [0.25, 0.3) is 0 Å². The third-order valence-electron chi connectivity index (χ3n) is 5.21. The van der Waals surface area contributed by atoms with Gasteiger partial charge in [-0.3, -0.25) is 9.88 Å². The molecule has 0 amide bonds. The fourth-order valence-corrected chi connectivity index (χ4v) is 3.89. The van der Waals surface area contributed by atoms with Gasteiger partial charge >= 0.3 is 0 Å². The van der Waals surface area contributed by atoms with Crippen LogP contribution in [0.5, 0.6) is 0 Å². The molecule has 7 nitrogen and oxygen atoms in total. The van der Waals surface area contributed by atoms with Crippen molar-refractivity contribution in [2.45, 2.75) is 25.5 Å². The van der Waals surface area contributed by atoms with Crippen LogP contribution in [0.15, 0.2) is 36.7 Å². The number of hydrogen-bond donors (Lipinski definition) is 1. The van der Waals surface area contributed by atoms with Crippen molar-refractivity contribution in [3.05, 3.63) is 47.9 Å². The van der Waals surface area contributed by atoms with Gasteiger partial charge in [0.25, 0.3) is 0 Å². The lowest BCUT2D eigenvalue weighted by molar-refractivity contribution is -0.0562. The van der Waals surface area contributed by atoms with E-state index in [1.165, 1.54) is 5.56 Å². The molecule has 1 spiro atoms. The second-order valence-corrected chi connectivity index (χ2v) is 7.63. The maximum absolute atomic E-state index is 6.29. The Morgan fingerprint density at radius 2 is 2.26 bits per heavy atom. The Morgan fingerprint density at radius 1 is 1.30 bits per heavy atom. The summed E-state index contributed by atoms with van der Waals surface area (Å²) in [6, 6.07) is 8.05. The summed E-state index contributed by atoms with van der Waals surface area (Å²) in [4.78, 5) is 6.65. The predicted octanol–water partition coefficient (Wildman–Crippen LogP) is 1.90. The zero-order valence-electron chi connectivity index (χ0n) is 15.8. The summed E-state index contributed by atoms with van der Waals surface area (Å²) in [5.74, 6) is 1.26. The number of nitrogens with zero attached hydrogens (tertiary/aromatic N) is 4. The van der Waals surface area contributed by atoms with Gasteiger partial charge in [0.1, 0.15) is 11.4 Å². The lowest BCUT2D eigenvalue weighted by Gasteiger charge is -2.31. The monoisotopic (exact) mass is 369 g/mol. The average molecular weight is 369 g/mol. The Labute approximate surface area is 160 Å². The van der Waals surface area contributed by atoms with Gasteiger partial charge in [0.2, 0.25) is 0 Å². The van der Waals surface area contributed by atoms with E-state index in [9.17, 15) is 0 Å². The van der Waals surface area contributed by atoms with Crippen molar-refractivity contribution in [1.82, 2.24) is 20.1 Å². The molecule has 2 atom stereocenters. The second kappa shape index (κ2) is 8.29. The maximum atomic E-state index is 6.29. The molecule has 2 aliphatic rings. The van der Waals surface area contributed by atoms with Gasteiger partial charge in [0.05, 0.1) is 25.5 Å². The minimum atomic E-state index is -0.218. The fraction of sp³-hybridized carbons (Fsp3) is 0.550. The van der Waals surface area contributed by atoms with Crippen molar-refractivity contribution in [3.63, 3.8) is 0 Å². The van der Waals surface area contributed by atoms with Crippen LogP contribution >= 0.6 is 0 Å². The molecular formula is C20H27N5O2. The fourth-order valence-electron chi connectivity index (χ4n) is 3.89. The third kappa shape index (κ3) is 4.80. The number of rotatable bonds is 5. The molecule has 4 rings (SSSR count). The van der Waals surface area contributed by atoms with Crippen molar-refractivity contribution in [2.24, 2.45) is 5.92 Å². The minimum absolute atomic E-state index is 0.218. The van der Waals surface area contributed by atoms with Crippen LogP contribution in [-0.4, -0.2) is 65.1 Å². The van der Waals surface area contributed by atoms with Gasteiger partial charge in [0, 0.05) is 44.5 Å². The molecule has 27 heavy (non-hydrogen) atoms.